The highest BCUT2D eigenvalue weighted by Crippen LogP contribution is 2.18. The van der Waals surface area contributed by atoms with Crippen LogP contribution < -0.4 is 5.32 Å². The van der Waals surface area contributed by atoms with Gasteiger partial charge in [-0.05, 0) is 12.3 Å². The van der Waals surface area contributed by atoms with Gasteiger partial charge in [0.05, 0.1) is 6.54 Å². The number of nitrogens with one attached hydrogen (secondary N) is 1. The average Bonchev–Trinajstić information content (AvgIpc) is 2.74. The summed E-state index contributed by atoms with van der Waals surface area (Å²) in [7, 11) is 2.08. The van der Waals surface area contributed by atoms with Crippen LogP contribution in [0.15, 0.2) is 12.4 Å². The Morgan fingerprint density at radius 1 is 1.50 bits per heavy atom. The van der Waals surface area contributed by atoms with Gasteiger partial charge in [-0.2, -0.15) is 0 Å². The van der Waals surface area contributed by atoms with Crippen LogP contribution in [-0.4, -0.2) is 39.6 Å². The van der Waals surface area contributed by atoms with E-state index in [9.17, 15) is 0 Å². The number of piperazine rings is 1. The topological polar surface area (TPSA) is 33.1 Å². The summed E-state index contributed by atoms with van der Waals surface area (Å²) < 4.78 is 2.13. The van der Waals surface area contributed by atoms with Gasteiger partial charge in [-0.25, -0.2) is 4.98 Å². The smallest absolute Gasteiger partial charge is 0.122 e. The molecule has 1 fully saturated rings. The van der Waals surface area contributed by atoms with E-state index in [-0.39, 0.29) is 0 Å². The molecule has 1 aliphatic rings. The molecule has 0 radical (unpaired) electrons. The van der Waals surface area contributed by atoms with Crippen molar-refractivity contribution in [3.05, 3.63) is 18.2 Å². The van der Waals surface area contributed by atoms with Gasteiger partial charge in [-0.3, -0.25) is 4.90 Å². The molecule has 1 aromatic heterocycles. The quantitative estimate of drug-likeness (QED) is 0.881. The summed E-state index contributed by atoms with van der Waals surface area (Å²) in [6.45, 7) is 10.1. The van der Waals surface area contributed by atoms with Crippen LogP contribution >= 0.6 is 0 Å². The molecule has 0 saturated carbocycles. The molecule has 102 valence electrons. The molecule has 0 bridgehead atoms. The van der Waals surface area contributed by atoms with Crippen molar-refractivity contribution in [3.8, 4) is 0 Å². The maximum atomic E-state index is 4.46. The van der Waals surface area contributed by atoms with Gasteiger partial charge < -0.3 is 9.88 Å². The minimum atomic E-state index is 0.615. The first-order chi connectivity index (χ1) is 8.61. The van der Waals surface area contributed by atoms with Gasteiger partial charge in [0, 0.05) is 44.6 Å². The summed E-state index contributed by atoms with van der Waals surface area (Å²) in [6, 6.07) is 1.24. The zero-order chi connectivity index (χ0) is 13.1. The molecule has 0 spiro atoms. The second-order valence-electron chi connectivity index (χ2n) is 5.71. The molecule has 2 rings (SSSR count). The third-order valence-corrected chi connectivity index (χ3v) is 4.07. The first kappa shape index (κ1) is 13.6. The Bertz CT molecular complexity index is 372. The van der Waals surface area contributed by atoms with Crippen molar-refractivity contribution in [2.45, 2.75) is 45.8 Å². The second kappa shape index (κ2) is 5.85. The lowest BCUT2D eigenvalue weighted by atomic mass is 9.97. The fraction of sp³-hybridized carbons (Fsp3) is 0.786. The first-order valence-electron chi connectivity index (χ1n) is 7.05. The Labute approximate surface area is 110 Å². The standard InChI is InChI=1S/C14H26N4/c1-5-12-9-18(13(8-16-12)11(2)3)10-14-15-6-7-17(14)4/h6-7,11-13,16H,5,8-10H2,1-4H3. The zero-order valence-corrected chi connectivity index (χ0v) is 12.1. The highest BCUT2D eigenvalue weighted by atomic mass is 15.3. The van der Waals surface area contributed by atoms with Gasteiger partial charge in [0.25, 0.3) is 0 Å². The average molecular weight is 250 g/mol. The van der Waals surface area contributed by atoms with Crippen molar-refractivity contribution >= 4 is 0 Å². The number of imidazole rings is 1. The van der Waals surface area contributed by atoms with Crippen molar-refractivity contribution < 1.29 is 0 Å². The largest absolute Gasteiger partial charge is 0.337 e. The van der Waals surface area contributed by atoms with Gasteiger partial charge in [-0.1, -0.05) is 20.8 Å². The van der Waals surface area contributed by atoms with Crippen LogP contribution in [0.25, 0.3) is 0 Å². The summed E-state index contributed by atoms with van der Waals surface area (Å²) in [5.74, 6) is 1.84. The number of hydrogen-bond acceptors (Lipinski definition) is 3. The molecule has 2 heterocycles. The van der Waals surface area contributed by atoms with Gasteiger partial charge in [0.15, 0.2) is 0 Å². The molecule has 2 atom stereocenters. The van der Waals surface area contributed by atoms with E-state index in [1.807, 2.05) is 12.4 Å². The summed E-state index contributed by atoms with van der Waals surface area (Å²) >= 11 is 0. The van der Waals surface area contributed by atoms with Crippen molar-refractivity contribution in [1.29, 1.82) is 0 Å². The molecule has 18 heavy (non-hydrogen) atoms. The van der Waals surface area contributed by atoms with E-state index >= 15 is 0 Å². The van der Waals surface area contributed by atoms with Crippen LogP contribution in [0.3, 0.4) is 0 Å². The predicted octanol–water partition coefficient (Wildman–Crippen LogP) is 1.63. The number of hydrogen-bond donors (Lipinski definition) is 1. The summed E-state index contributed by atoms with van der Waals surface area (Å²) in [5.41, 5.74) is 0. The van der Waals surface area contributed by atoms with E-state index in [1.165, 1.54) is 6.42 Å². The van der Waals surface area contributed by atoms with Crippen LogP contribution in [-0.2, 0) is 13.6 Å². The number of rotatable bonds is 4. The Morgan fingerprint density at radius 3 is 2.83 bits per heavy atom. The Kier molecular flexibility index (Phi) is 4.40. The maximum Gasteiger partial charge on any atom is 0.122 e. The highest BCUT2D eigenvalue weighted by Gasteiger charge is 2.29. The number of aromatic nitrogens is 2. The van der Waals surface area contributed by atoms with Gasteiger partial charge in [0.2, 0.25) is 0 Å². The molecular weight excluding hydrogens is 224 g/mol. The molecular formula is C14H26N4. The third-order valence-electron chi connectivity index (χ3n) is 4.07. The van der Waals surface area contributed by atoms with Gasteiger partial charge in [-0.15, -0.1) is 0 Å². The van der Waals surface area contributed by atoms with Crippen LogP contribution in [0, 0.1) is 5.92 Å². The van der Waals surface area contributed by atoms with E-state index < -0.39 is 0 Å². The molecule has 1 N–H and O–H groups in total. The highest BCUT2D eigenvalue weighted by molar-refractivity contribution is 4.95. The third kappa shape index (κ3) is 2.93. The Hall–Kier alpha value is -0.870. The van der Waals surface area contributed by atoms with Crippen molar-refractivity contribution in [2.24, 2.45) is 13.0 Å². The lowest BCUT2D eigenvalue weighted by molar-refractivity contribution is 0.0866. The molecule has 0 aliphatic carbocycles. The van der Waals surface area contributed by atoms with Crippen LogP contribution in [0.2, 0.25) is 0 Å². The molecule has 1 aromatic rings. The van der Waals surface area contributed by atoms with Gasteiger partial charge in [0.1, 0.15) is 5.82 Å². The molecule has 4 heteroatoms. The van der Waals surface area contributed by atoms with Crippen LogP contribution in [0.4, 0.5) is 0 Å². The summed E-state index contributed by atoms with van der Waals surface area (Å²) in [6.07, 6.45) is 5.11. The lowest BCUT2D eigenvalue weighted by Crippen LogP contribution is -2.57. The van der Waals surface area contributed by atoms with Crippen molar-refractivity contribution in [3.63, 3.8) is 0 Å². The fourth-order valence-corrected chi connectivity index (χ4v) is 2.74. The molecule has 0 amide bonds. The van der Waals surface area contributed by atoms with E-state index in [4.69, 9.17) is 0 Å². The minimum absolute atomic E-state index is 0.615. The molecule has 1 saturated heterocycles. The second-order valence-corrected chi connectivity index (χ2v) is 5.71. The van der Waals surface area contributed by atoms with E-state index in [0.717, 1.165) is 25.5 Å². The Morgan fingerprint density at radius 2 is 2.28 bits per heavy atom. The van der Waals surface area contributed by atoms with Crippen LogP contribution in [0.5, 0.6) is 0 Å². The van der Waals surface area contributed by atoms with Crippen LogP contribution in [0.1, 0.15) is 33.0 Å². The molecule has 0 aromatic carbocycles. The van der Waals surface area contributed by atoms with Gasteiger partial charge >= 0.3 is 0 Å². The first-order valence-corrected chi connectivity index (χ1v) is 7.05. The maximum absolute atomic E-state index is 4.46. The van der Waals surface area contributed by atoms with E-state index in [1.54, 1.807) is 0 Å². The molecule has 2 unspecified atom stereocenters. The predicted molar refractivity (Wildman–Crippen MR) is 74.3 cm³/mol. The SMILES string of the molecule is CCC1CN(Cc2nccn2C)C(C(C)C)CN1. The van der Waals surface area contributed by atoms with E-state index in [2.05, 4.69) is 47.6 Å². The fourth-order valence-electron chi connectivity index (χ4n) is 2.74. The summed E-state index contributed by atoms with van der Waals surface area (Å²) in [5, 5.41) is 3.66. The number of aryl methyl sites for hydroxylation is 1. The molecule has 1 aliphatic heterocycles. The van der Waals surface area contributed by atoms with E-state index in [0.29, 0.717) is 18.0 Å². The number of nitrogens with zero attached hydrogens (tertiary/aromatic N) is 3. The normalized spacial score (nSPS) is 25.8. The summed E-state index contributed by atoms with van der Waals surface area (Å²) in [4.78, 5) is 7.05. The lowest BCUT2D eigenvalue weighted by Gasteiger charge is -2.42. The minimum Gasteiger partial charge on any atom is -0.337 e. The van der Waals surface area contributed by atoms with Crippen molar-refractivity contribution in [2.75, 3.05) is 13.1 Å². The molecule has 4 nitrogen and oxygen atoms in total. The zero-order valence-electron chi connectivity index (χ0n) is 12.1. The monoisotopic (exact) mass is 250 g/mol. The van der Waals surface area contributed by atoms with Crippen molar-refractivity contribution in [1.82, 2.24) is 19.8 Å². The Balaban J connectivity index is 2.07.